The first kappa shape index (κ1) is 19.0. The molecule has 1 unspecified atom stereocenters. The Bertz CT molecular complexity index is 554. The number of ether oxygens (including phenoxy) is 1. The summed E-state index contributed by atoms with van der Waals surface area (Å²) in [7, 11) is 0. The maximum Gasteiger partial charge on any atom is 0.305 e. The molecule has 0 aliphatic rings. The van der Waals surface area contributed by atoms with Crippen molar-refractivity contribution in [2.75, 3.05) is 0 Å². The molecule has 0 aliphatic heterocycles. The zero-order valence-electron chi connectivity index (χ0n) is 14.6. The lowest BCUT2D eigenvalue weighted by Gasteiger charge is -2.33. The van der Waals surface area contributed by atoms with E-state index in [1.54, 1.807) is 6.92 Å². The maximum atomic E-state index is 12.4. The monoisotopic (exact) mass is 321 g/mol. The van der Waals surface area contributed by atoms with Crippen LogP contribution in [0.15, 0.2) is 24.3 Å². The van der Waals surface area contributed by atoms with Gasteiger partial charge >= 0.3 is 5.97 Å². The first-order chi connectivity index (χ1) is 10.6. The van der Waals surface area contributed by atoms with Gasteiger partial charge in [-0.25, -0.2) is 0 Å². The van der Waals surface area contributed by atoms with Gasteiger partial charge in [-0.1, -0.05) is 32.0 Å². The van der Waals surface area contributed by atoms with E-state index in [9.17, 15) is 9.59 Å². The van der Waals surface area contributed by atoms with Crippen LogP contribution in [0.1, 0.15) is 46.6 Å². The molecule has 0 saturated carbocycles. The lowest BCUT2D eigenvalue weighted by atomic mass is 9.85. The Morgan fingerprint density at radius 3 is 2.35 bits per heavy atom. The van der Waals surface area contributed by atoms with Crippen LogP contribution in [0.3, 0.4) is 0 Å². The van der Waals surface area contributed by atoms with Gasteiger partial charge in [0, 0.05) is 11.1 Å². The molecule has 0 heterocycles. The van der Waals surface area contributed by atoms with Gasteiger partial charge in [-0.3, -0.25) is 9.59 Å². The Kier molecular flexibility index (Phi) is 6.61. The molecule has 0 aromatic heterocycles. The van der Waals surface area contributed by atoms with Crippen molar-refractivity contribution in [2.24, 2.45) is 5.92 Å². The topological polar surface area (TPSA) is 75.6 Å². The van der Waals surface area contributed by atoms with Crippen LogP contribution in [0.5, 0.6) is 5.75 Å². The number of amides is 1. The van der Waals surface area contributed by atoms with Crippen LogP contribution in [0.25, 0.3) is 0 Å². The molecule has 1 rings (SSSR count). The van der Waals surface area contributed by atoms with E-state index < -0.39 is 11.5 Å². The molecule has 5 nitrogen and oxygen atoms in total. The molecular weight excluding hydrogens is 294 g/mol. The van der Waals surface area contributed by atoms with E-state index in [2.05, 4.69) is 5.32 Å². The van der Waals surface area contributed by atoms with Crippen LogP contribution < -0.4 is 10.1 Å². The van der Waals surface area contributed by atoms with Crippen molar-refractivity contribution in [3.05, 3.63) is 29.8 Å². The second-order valence-corrected chi connectivity index (χ2v) is 6.64. The molecule has 1 atom stereocenters. The van der Waals surface area contributed by atoms with Crippen molar-refractivity contribution in [2.45, 2.75) is 59.1 Å². The Balaban J connectivity index is 2.85. The second kappa shape index (κ2) is 7.99. The van der Waals surface area contributed by atoms with E-state index in [-0.39, 0.29) is 30.8 Å². The van der Waals surface area contributed by atoms with Gasteiger partial charge < -0.3 is 15.2 Å². The van der Waals surface area contributed by atoms with Gasteiger partial charge in [0.2, 0.25) is 5.91 Å². The number of rotatable bonds is 8. The molecule has 1 aromatic rings. The predicted molar refractivity (Wildman–Crippen MR) is 89.5 cm³/mol. The first-order valence-corrected chi connectivity index (χ1v) is 7.91. The fraction of sp³-hybridized carbons (Fsp3) is 0.556. The highest BCUT2D eigenvalue weighted by Gasteiger charge is 2.32. The average Bonchev–Trinajstić information content (AvgIpc) is 2.39. The summed E-state index contributed by atoms with van der Waals surface area (Å²) in [5.74, 6) is -0.445. The van der Waals surface area contributed by atoms with Crippen LogP contribution in [0.2, 0.25) is 0 Å². The van der Waals surface area contributed by atoms with Crippen molar-refractivity contribution in [3.8, 4) is 5.75 Å². The van der Waals surface area contributed by atoms with E-state index in [1.165, 1.54) is 0 Å². The Morgan fingerprint density at radius 2 is 1.83 bits per heavy atom. The Hall–Kier alpha value is -2.04. The van der Waals surface area contributed by atoms with Crippen LogP contribution in [-0.4, -0.2) is 28.6 Å². The Morgan fingerprint density at radius 1 is 1.22 bits per heavy atom. The summed E-state index contributed by atoms with van der Waals surface area (Å²) in [4.78, 5) is 23.5. The summed E-state index contributed by atoms with van der Waals surface area (Å²) >= 11 is 0. The maximum absolute atomic E-state index is 12.4. The van der Waals surface area contributed by atoms with Gasteiger partial charge in [0.1, 0.15) is 5.75 Å². The molecule has 2 N–H and O–H groups in total. The summed E-state index contributed by atoms with van der Waals surface area (Å²) in [6.45, 7) is 9.43. The van der Waals surface area contributed by atoms with Gasteiger partial charge in [-0.15, -0.1) is 0 Å². The number of carboxylic acids is 1. The first-order valence-electron chi connectivity index (χ1n) is 7.91. The van der Waals surface area contributed by atoms with Crippen LogP contribution in [0.4, 0.5) is 0 Å². The molecule has 0 radical (unpaired) electrons. The van der Waals surface area contributed by atoms with E-state index in [0.29, 0.717) is 5.75 Å². The summed E-state index contributed by atoms with van der Waals surface area (Å²) in [6, 6.07) is 7.40. The normalized spacial score (nSPS) is 13.7. The number of hydrogen-bond donors (Lipinski definition) is 2. The van der Waals surface area contributed by atoms with Crippen LogP contribution >= 0.6 is 0 Å². The van der Waals surface area contributed by atoms with Crippen molar-refractivity contribution < 1.29 is 19.4 Å². The quantitative estimate of drug-likeness (QED) is 0.772. The van der Waals surface area contributed by atoms with Crippen molar-refractivity contribution in [1.29, 1.82) is 0 Å². The minimum Gasteiger partial charge on any atom is -0.491 e. The molecule has 0 fully saturated rings. The van der Waals surface area contributed by atoms with Crippen molar-refractivity contribution in [3.63, 3.8) is 0 Å². The minimum atomic E-state index is -0.926. The number of carbonyl (C=O) groups is 2. The van der Waals surface area contributed by atoms with Gasteiger partial charge in [-0.05, 0) is 32.8 Å². The third-order valence-electron chi connectivity index (χ3n) is 3.90. The predicted octanol–water partition coefficient (Wildman–Crippen LogP) is 3.02. The number of para-hydroxylation sites is 1. The summed E-state index contributed by atoms with van der Waals surface area (Å²) < 4.78 is 5.71. The zero-order valence-corrected chi connectivity index (χ0v) is 14.6. The second-order valence-electron chi connectivity index (χ2n) is 6.64. The highest BCUT2D eigenvalue weighted by molar-refractivity contribution is 5.81. The summed E-state index contributed by atoms with van der Waals surface area (Å²) in [5.41, 5.74) is 0.0108. The van der Waals surface area contributed by atoms with Crippen molar-refractivity contribution >= 4 is 11.9 Å². The molecule has 0 aliphatic carbocycles. The number of carbonyl (C=O) groups excluding carboxylic acids is 1. The molecule has 128 valence electrons. The summed E-state index contributed by atoms with van der Waals surface area (Å²) in [5, 5.41) is 12.0. The smallest absolute Gasteiger partial charge is 0.305 e. The number of hydrogen-bond acceptors (Lipinski definition) is 3. The minimum absolute atomic E-state index is 0.00436. The summed E-state index contributed by atoms with van der Waals surface area (Å²) in [6.07, 6.45) is 0.0675. The number of aliphatic carboxylic acids is 1. The molecule has 23 heavy (non-hydrogen) atoms. The SMILES string of the molecule is CC(C)Oc1ccccc1CC(=O)NC(C)(CC(=O)O)C(C)C. The molecule has 1 aromatic carbocycles. The highest BCUT2D eigenvalue weighted by atomic mass is 16.5. The largest absolute Gasteiger partial charge is 0.491 e. The molecular formula is C18H27NO4. The molecule has 0 spiro atoms. The molecule has 5 heteroatoms. The van der Waals surface area contributed by atoms with Gasteiger partial charge in [0.15, 0.2) is 0 Å². The fourth-order valence-corrected chi connectivity index (χ4v) is 2.26. The van der Waals surface area contributed by atoms with Gasteiger partial charge in [0.25, 0.3) is 0 Å². The van der Waals surface area contributed by atoms with E-state index in [1.807, 2.05) is 52.0 Å². The third kappa shape index (κ3) is 5.93. The van der Waals surface area contributed by atoms with Crippen molar-refractivity contribution in [1.82, 2.24) is 5.32 Å². The molecule has 0 saturated heterocycles. The highest BCUT2D eigenvalue weighted by Crippen LogP contribution is 2.23. The van der Waals surface area contributed by atoms with E-state index >= 15 is 0 Å². The van der Waals surface area contributed by atoms with Crippen LogP contribution in [0, 0.1) is 5.92 Å². The lowest BCUT2D eigenvalue weighted by molar-refractivity contribution is -0.139. The average molecular weight is 321 g/mol. The van der Waals surface area contributed by atoms with Crippen LogP contribution in [-0.2, 0) is 16.0 Å². The molecule has 1 amide bonds. The van der Waals surface area contributed by atoms with Gasteiger partial charge in [-0.2, -0.15) is 0 Å². The standard InChI is InChI=1S/C18H27NO4/c1-12(2)18(5,11-17(21)22)19-16(20)10-14-8-6-7-9-15(14)23-13(3)4/h6-9,12-13H,10-11H2,1-5H3,(H,19,20)(H,21,22). The Labute approximate surface area is 138 Å². The van der Waals surface area contributed by atoms with E-state index in [0.717, 1.165) is 5.56 Å². The fourth-order valence-electron chi connectivity index (χ4n) is 2.26. The molecule has 0 bridgehead atoms. The lowest BCUT2D eigenvalue weighted by Crippen LogP contribution is -2.51. The van der Waals surface area contributed by atoms with Gasteiger partial charge in [0.05, 0.1) is 18.9 Å². The third-order valence-corrected chi connectivity index (χ3v) is 3.90. The zero-order chi connectivity index (χ0) is 17.6. The number of nitrogens with one attached hydrogen (secondary N) is 1. The van der Waals surface area contributed by atoms with E-state index in [4.69, 9.17) is 9.84 Å². The number of benzene rings is 1. The number of carboxylic acid groups (broad SMARTS) is 1.